The van der Waals surface area contributed by atoms with Gasteiger partial charge in [0.25, 0.3) is 0 Å². The van der Waals surface area contributed by atoms with Crippen LogP contribution < -0.4 is 16.4 Å². The zero-order valence-corrected chi connectivity index (χ0v) is 12.5. The fourth-order valence-electron chi connectivity index (χ4n) is 1.88. The minimum Gasteiger partial charge on any atom is -0.326 e. The first kappa shape index (κ1) is 16.2. The van der Waals surface area contributed by atoms with Gasteiger partial charge < -0.3 is 16.4 Å². The summed E-state index contributed by atoms with van der Waals surface area (Å²) in [6, 6.07) is 4.84. The molecule has 2 amide bonds. The fraction of sp³-hybridized carbons (Fsp3) is 0.467. The number of hydrogen-bond donors (Lipinski definition) is 3. The third kappa shape index (κ3) is 5.01. The number of hydrogen-bond acceptors (Lipinski definition) is 3. The van der Waals surface area contributed by atoms with Gasteiger partial charge in [-0.25, -0.2) is 0 Å². The number of carbonyl (C=O) groups is 2. The molecule has 0 radical (unpaired) electrons. The molecule has 1 aromatic rings. The van der Waals surface area contributed by atoms with E-state index in [-0.39, 0.29) is 11.8 Å². The molecule has 0 heterocycles. The Labute approximate surface area is 119 Å². The molecule has 0 aliphatic carbocycles. The van der Waals surface area contributed by atoms with Crippen molar-refractivity contribution in [3.63, 3.8) is 0 Å². The van der Waals surface area contributed by atoms with Gasteiger partial charge in [0.1, 0.15) is 0 Å². The second-order valence-corrected chi connectivity index (χ2v) is 5.44. The molecular formula is C15H23N3O2. The SMILES string of the molecule is CC(=O)Nc1ccc(C)c(NC(=O)C(N)CC(C)C)c1. The van der Waals surface area contributed by atoms with E-state index < -0.39 is 6.04 Å². The van der Waals surface area contributed by atoms with E-state index in [2.05, 4.69) is 10.6 Å². The Morgan fingerprint density at radius 2 is 1.90 bits per heavy atom. The molecule has 0 aliphatic rings. The minimum atomic E-state index is -0.529. The first-order valence-corrected chi connectivity index (χ1v) is 6.74. The van der Waals surface area contributed by atoms with E-state index in [0.29, 0.717) is 23.7 Å². The van der Waals surface area contributed by atoms with Crippen LogP contribution in [0.25, 0.3) is 0 Å². The van der Waals surface area contributed by atoms with Crippen LogP contribution in [-0.2, 0) is 9.59 Å². The summed E-state index contributed by atoms with van der Waals surface area (Å²) in [4.78, 5) is 23.1. The molecule has 4 N–H and O–H groups in total. The summed E-state index contributed by atoms with van der Waals surface area (Å²) in [5.74, 6) is 0.00646. The number of amides is 2. The molecule has 0 fully saturated rings. The molecule has 0 bridgehead atoms. The molecule has 0 spiro atoms. The summed E-state index contributed by atoms with van der Waals surface area (Å²) in [6.45, 7) is 7.38. The third-order valence-corrected chi connectivity index (χ3v) is 2.88. The average molecular weight is 277 g/mol. The van der Waals surface area contributed by atoms with Gasteiger partial charge in [-0.05, 0) is 37.0 Å². The van der Waals surface area contributed by atoms with Crippen molar-refractivity contribution >= 4 is 23.2 Å². The Bertz CT molecular complexity index is 498. The van der Waals surface area contributed by atoms with Crippen molar-refractivity contribution in [3.05, 3.63) is 23.8 Å². The van der Waals surface area contributed by atoms with Crippen LogP contribution in [0.1, 0.15) is 32.8 Å². The monoisotopic (exact) mass is 277 g/mol. The number of carbonyl (C=O) groups excluding carboxylic acids is 2. The Morgan fingerprint density at radius 1 is 1.25 bits per heavy atom. The van der Waals surface area contributed by atoms with Crippen LogP contribution in [0.15, 0.2) is 18.2 Å². The van der Waals surface area contributed by atoms with Gasteiger partial charge in [-0.3, -0.25) is 9.59 Å². The summed E-state index contributed by atoms with van der Waals surface area (Å²) >= 11 is 0. The van der Waals surface area contributed by atoms with Gasteiger partial charge in [-0.2, -0.15) is 0 Å². The molecule has 110 valence electrons. The van der Waals surface area contributed by atoms with Crippen molar-refractivity contribution in [1.29, 1.82) is 0 Å². The van der Waals surface area contributed by atoms with E-state index >= 15 is 0 Å². The summed E-state index contributed by atoms with van der Waals surface area (Å²) in [5, 5.41) is 5.50. The lowest BCUT2D eigenvalue weighted by atomic mass is 10.0. The molecule has 0 aromatic heterocycles. The van der Waals surface area contributed by atoms with E-state index in [0.717, 1.165) is 5.56 Å². The number of rotatable bonds is 5. The smallest absolute Gasteiger partial charge is 0.241 e. The molecule has 0 aliphatic heterocycles. The van der Waals surface area contributed by atoms with Gasteiger partial charge in [0.15, 0.2) is 0 Å². The van der Waals surface area contributed by atoms with Gasteiger partial charge in [-0.1, -0.05) is 19.9 Å². The Hall–Kier alpha value is -1.88. The predicted octanol–water partition coefficient (Wildman–Crippen LogP) is 2.27. The lowest BCUT2D eigenvalue weighted by Gasteiger charge is -2.16. The molecule has 5 nitrogen and oxygen atoms in total. The van der Waals surface area contributed by atoms with Crippen LogP contribution in [0, 0.1) is 12.8 Å². The molecule has 5 heteroatoms. The number of nitrogens with one attached hydrogen (secondary N) is 2. The van der Waals surface area contributed by atoms with E-state index in [1.807, 2.05) is 26.8 Å². The molecule has 1 rings (SSSR count). The van der Waals surface area contributed by atoms with Crippen molar-refractivity contribution < 1.29 is 9.59 Å². The zero-order chi connectivity index (χ0) is 15.3. The lowest BCUT2D eigenvalue weighted by molar-refractivity contribution is -0.117. The molecule has 0 saturated heterocycles. The Kier molecular flexibility index (Phi) is 5.70. The summed E-state index contributed by atoms with van der Waals surface area (Å²) in [5.41, 5.74) is 8.09. The second kappa shape index (κ2) is 7.05. The Morgan fingerprint density at radius 3 is 2.45 bits per heavy atom. The number of anilines is 2. The first-order valence-electron chi connectivity index (χ1n) is 6.74. The molecular weight excluding hydrogens is 254 g/mol. The maximum Gasteiger partial charge on any atom is 0.241 e. The van der Waals surface area contributed by atoms with Crippen molar-refractivity contribution in [2.45, 2.75) is 40.2 Å². The third-order valence-electron chi connectivity index (χ3n) is 2.88. The highest BCUT2D eigenvalue weighted by molar-refractivity contribution is 5.96. The predicted molar refractivity (Wildman–Crippen MR) is 81.5 cm³/mol. The fourth-order valence-corrected chi connectivity index (χ4v) is 1.88. The number of aryl methyl sites for hydroxylation is 1. The maximum absolute atomic E-state index is 12.0. The Balaban J connectivity index is 2.80. The molecule has 1 unspecified atom stereocenters. The molecule has 20 heavy (non-hydrogen) atoms. The highest BCUT2D eigenvalue weighted by Gasteiger charge is 2.16. The van der Waals surface area contributed by atoms with Crippen LogP contribution in [0.4, 0.5) is 11.4 Å². The largest absolute Gasteiger partial charge is 0.326 e. The van der Waals surface area contributed by atoms with Crippen LogP contribution in [0.2, 0.25) is 0 Å². The van der Waals surface area contributed by atoms with Gasteiger partial charge >= 0.3 is 0 Å². The van der Waals surface area contributed by atoms with Crippen LogP contribution in [0.3, 0.4) is 0 Å². The van der Waals surface area contributed by atoms with E-state index in [9.17, 15) is 9.59 Å². The molecule has 1 atom stereocenters. The van der Waals surface area contributed by atoms with Crippen molar-refractivity contribution in [1.82, 2.24) is 0 Å². The van der Waals surface area contributed by atoms with Crippen molar-refractivity contribution in [3.8, 4) is 0 Å². The number of benzene rings is 1. The minimum absolute atomic E-state index is 0.150. The average Bonchev–Trinajstić information content (AvgIpc) is 2.31. The lowest BCUT2D eigenvalue weighted by Crippen LogP contribution is -2.36. The summed E-state index contributed by atoms with van der Waals surface area (Å²) in [6.07, 6.45) is 0.635. The normalized spacial score (nSPS) is 12.1. The van der Waals surface area contributed by atoms with Gasteiger partial charge in [-0.15, -0.1) is 0 Å². The molecule has 1 aromatic carbocycles. The van der Waals surface area contributed by atoms with Crippen LogP contribution >= 0.6 is 0 Å². The van der Waals surface area contributed by atoms with Crippen molar-refractivity contribution in [2.24, 2.45) is 11.7 Å². The summed E-state index contributed by atoms with van der Waals surface area (Å²) < 4.78 is 0. The standard InChI is InChI=1S/C15H23N3O2/c1-9(2)7-13(16)15(20)18-14-8-12(17-11(4)19)6-5-10(14)3/h5-6,8-9,13H,7,16H2,1-4H3,(H,17,19)(H,18,20). The maximum atomic E-state index is 12.0. The van der Waals surface area contributed by atoms with Crippen LogP contribution in [0.5, 0.6) is 0 Å². The van der Waals surface area contributed by atoms with Gasteiger partial charge in [0.05, 0.1) is 6.04 Å². The highest BCUT2D eigenvalue weighted by Crippen LogP contribution is 2.20. The van der Waals surface area contributed by atoms with Gasteiger partial charge in [0, 0.05) is 18.3 Å². The highest BCUT2D eigenvalue weighted by atomic mass is 16.2. The second-order valence-electron chi connectivity index (χ2n) is 5.44. The van der Waals surface area contributed by atoms with Gasteiger partial charge in [0.2, 0.25) is 11.8 Å². The van der Waals surface area contributed by atoms with E-state index in [1.165, 1.54) is 6.92 Å². The summed E-state index contributed by atoms with van der Waals surface area (Å²) in [7, 11) is 0. The van der Waals surface area contributed by atoms with Crippen LogP contribution in [-0.4, -0.2) is 17.9 Å². The van der Waals surface area contributed by atoms with E-state index in [4.69, 9.17) is 5.73 Å². The zero-order valence-electron chi connectivity index (χ0n) is 12.5. The topological polar surface area (TPSA) is 84.2 Å². The number of nitrogens with two attached hydrogens (primary N) is 1. The van der Waals surface area contributed by atoms with Crippen molar-refractivity contribution in [2.75, 3.05) is 10.6 Å². The quantitative estimate of drug-likeness (QED) is 0.772. The van der Waals surface area contributed by atoms with E-state index in [1.54, 1.807) is 12.1 Å². The first-order chi connectivity index (χ1) is 9.29. The molecule has 0 saturated carbocycles.